The molecule has 0 radical (unpaired) electrons. The summed E-state index contributed by atoms with van der Waals surface area (Å²) < 4.78 is 10.1. The molecule has 0 aromatic heterocycles. The maximum Gasteiger partial charge on any atom is 0.372 e. The SMILES string of the molecule is CCOC(=O)Sc1c(C)cc(C(C)(C)C)cc1C(=O)OCC. The molecule has 5 heteroatoms. The minimum Gasteiger partial charge on any atom is -0.462 e. The largest absolute Gasteiger partial charge is 0.462 e. The minimum atomic E-state index is -0.417. The number of benzene rings is 1. The first-order chi connectivity index (χ1) is 10.2. The third-order valence-corrected chi connectivity index (χ3v) is 4.11. The standard InChI is InChI=1S/C17H24O4S/c1-7-20-15(18)13-10-12(17(4,5)6)9-11(3)14(13)22-16(19)21-8-2/h9-10H,7-8H2,1-6H3. The Morgan fingerprint density at radius 2 is 1.68 bits per heavy atom. The molecule has 0 spiro atoms. The molecule has 0 aliphatic heterocycles. The van der Waals surface area contributed by atoms with Crippen LogP contribution in [0.4, 0.5) is 4.79 Å². The van der Waals surface area contributed by atoms with Crippen molar-refractivity contribution < 1.29 is 19.1 Å². The lowest BCUT2D eigenvalue weighted by Crippen LogP contribution is -2.15. The zero-order valence-electron chi connectivity index (χ0n) is 14.1. The maximum atomic E-state index is 12.2. The van der Waals surface area contributed by atoms with Crippen molar-refractivity contribution in [3.63, 3.8) is 0 Å². The van der Waals surface area contributed by atoms with E-state index < -0.39 is 11.3 Å². The molecule has 0 aliphatic rings. The number of rotatable bonds is 4. The molecular formula is C17H24O4S. The van der Waals surface area contributed by atoms with Gasteiger partial charge < -0.3 is 9.47 Å². The van der Waals surface area contributed by atoms with Gasteiger partial charge in [-0.05, 0) is 55.1 Å². The van der Waals surface area contributed by atoms with E-state index >= 15 is 0 Å². The first-order valence-electron chi connectivity index (χ1n) is 7.37. The summed E-state index contributed by atoms with van der Waals surface area (Å²) in [4.78, 5) is 24.6. The van der Waals surface area contributed by atoms with E-state index in [-0.39, 0.29) is 5.41 Å². The lowest BCUT2D eigenvalue weighted by molar-refractivity contribution is 0.0522. The second-order valence-electron chi connectivity index (χ2n) is 5.93. The van der Waals surface area contributed by atoms with Crippen LogP contribution in [0.1, 0.15) is 56.1 Å². The average molecular weight is 324 g/mol. The summed E-state index contributed by atoms with van der Waals surface area (Å²) in [5.41, 5.74) is 2.22. The van der Waals surface area contributed by atoms with Gasteiger partial charge in [-0.3, -0.25) is 0 Å². The molecular weight excluding hydrogens is 300 g/mol. The van der Waals surface area contributed by atoms with Crippen LogP contribution in [0, 0.1) is 6.92 Å². The van der Waals surface area contributed by atoms with Crippen molar-refractivity contribution >= 4 is 23.0 Å². The van der Waals surface area contributed by atoms with Gasteiger partial charge in [0.05, 0.1) is 18.8 Å². The summed E-state index contributed by atoms with van der Waals surface area (Å²) in [6.07, 6.45) is 0. The van der Waals surface area contributed by atoms with Crippen molar-refractivity contribution in [3.8, 4) is 0 Å². The molecule has 0 bridgehead atoms. The van der Waals surface area contributed by atoms with Crippen LogP contribution in [0.25, 0.3) is 0 Å². The van der Waals surface area contributed by atoms with E-state index in [0.717, 1.165) is 22.9 Å². The molecule has 1 aromatic carbocycles. The predicted octanol–water partition coefficient (Wildman–Crippen LogP) is 4.72. The molecule has 0 atom stereocenters. The van der Waals surface area contributed by atoms with Gasteiger partial charge in [0.15, 0.2) is 0 Å². The Morgan fingerprint density at radius 1 is 1.09 bits per heavy atom. The van der Waals surface area contributed by atoms with Crippen LogP contribution in [0.2, 0.25) is 0 Å². The Bertz CT molecular complexity index is 559. The van der Waals surface area contributed by atoms with Crippen LogP contribution in [-0.4, -0.2) is 24.5 Å². The topological polar surface area (TPSA) is 52.6 Å². The maximum absolute atomic E-state index is 12.2. The number of hydrogen-bond donors (Lipinski definition) is 0. The molecule has 122 valence electrons. The zero-order valence-corrected chi connectivity index (χ0v) is 14.9. The number of aryl methyl sites for hydroxylation is 1. The smallest absolute Gasteiger partial charge is 0.372 e. The molecule has 0 unspecified atom stereocenters. The van der Waals surface area contributed by atoms with E-state index in [4.69, 9.17) is 9.47 Å². The highest BCUT2D eigenvalue weighted by atomic mass is 32.2. The fourth-order valence-electron chi connectivity index (χ4n) is 1.93. The molecule has 0 amide bonds. The van der Waals surface area contributed by atoms with Crippen molar-refractivity contribution in [1.29, 1.82) is 0 Å². The van der Waals surface area contributed by atoms with E-state index in [1.807, 2.05) is 19.1 Å². The summed E-state index contributed by atoms with van der Waals surface area (Å²) in [5, 5.41) is -0.417. The molecule has 0 heterocycles. The molecule has 22 heavy (non-hydrogen) atoms. The Morgan fingerprint density at radius 3 is 2.18 bits per heavy atom. The van der Waals surface area contributed by atoms with Gasteiger partial charge in [0.2, 0.25) is 0 Å². The predicted molar refractivity (Wildman–Crippen MR) is 88.7 cm³/mol. The number of carbonyl (C=O) groups excluding carboxylic acids is 2. The molecule has 0 N–H and O–H groups in total. The van der Waals surface area contributed by atoms with Crippen molar-refractivity contribution in [2.24, 2.45) is 0 Å². The van der Waals surface area contributed by atoms with Crippen molar-refractivity contribution in [2.75, 3.05) is 13.2 Å². The first kappa shape index (κ1) is 18.6. The summed E-state index contributed by atoms with van der Waals surface area (Å²) >= 11 is 0.933. The highest BCUT2D eigenvalue weighted by Crippen LogP contribution is 2.34. The normalized spacial score (nSPS) is 11.2. The third-order valence-electron chi connectivity index (χ3n) is 3.08. The van der Waals surface area contributed by atoms with Gasteiger partial charge in [0.25, 0.3) is 0 Å². The van der Waals surface area contributed by atoms with Gasteiger partial charge in [0, 0.05) is 4.90 Å². The van der Waals surface area contributed by atoms with E-state index in [0.29, 0.717) is 23.7 Å². The lowest BCUT2D eigenvalue weighted by Gasteiger charge is -2.22. The molecule has 0 saturated heterocycles. The van der Waals surface area contributed by atoms with Gasteiger partial charge in [-0.1, -0.05) is 26.8 Å². The summed E-state index contributed by atoms with van der Waals surface area (Å²) in [6.45, 7) is 12.2. The number of ether oxygens (including phenoxy) is 2. The molecule has 1 aromatic rings. The van der Waals surface area contributed by atoms with Gasteiger partial charge in [-0.15, -0.1) is 0 Å². The Balaban J connectivity index is 3.34. The molecule has 0 aliphatic carbocycles. The van der Waals surface area contributed by atoms with Gasteiger partial charge in [-0.25, -0.2) is 9.59 Å². The van der Waals surface area contributed by atoms with Crippen LogP contribution < -0.4 is 0 Å². The van der Waals surface area contributed by atoms with E-state index in [1.54, 1.807) is 13.8 Å². The number of carbonyl (C=O) groups is 2. The molecule has 4 nitrogen and oxygen atoms in total. The van der Waals surface area contributed by atoms with Crippen molar-refractivity contribution in [2.45, 2.75) is 51.9 Å². The number of esters is 1. The van der Waals surface area contributed by atoms with Crippen molar-refractivity contribution in [3.05, 3.63) is 28.8 Å². The molecule has 1 rings (SSSR count). The Labute approximate surface area is 136 Å². The average Bonchev–Trinajstić information content (AvgIpc) is 2.40. The van der Waals surface area contributed by atoms with Crippen LogP contribution >= 0.6 is 11.8 Å². The summed E-state index contributed by atoms with van der Waals surface area (Å²) in [6, 6.07) is 3.82. The number of hydrogen-bond acceptors (Lipinski definition) is 5. The van der Waals surface area contributed by atoms with Crippen LogP contribution in [0.3, 0.4) is 0 Å². The zero-order chi connectivity index (χ0) is 16.9. The van der Waals surface area contributed by atoms with Gasteiger partial charge in [-0.2, -0.15) is 0 Å². The second-order valence-corrected chi connectivity index (χ2v) is 6.87. The minimum absolute atomic E-state index is 0.0981. The van der Waals surface area contributed by atoms with E-state index in [2.05, 4.69) is 20.8 Å². The van der Waals surface area contributed by atoms with Gasteiger partial charge in [0.1, 0.15) is 0 Å². The fourth-order valence-corrected chi connectivity index (χ4v) is 2.75. The highest BCUT2D eigenvalue weighted by Gasteiger charge is 2.23. The second kappa shape index (κ2) is 7.68. The third kappa shape index (κ3) is 4.77. The molecule has 0 saturated carbocycles. The van der Waals surface area contributed by atoms with Crippen molar-refractivity contribution in [1.82, 2.24) is 0 Å². The number of thioether (sulfide) groups is 1. The summed E-state index contributed by atoms with van der Waals surface area (Å²) in [7, 11) is 0. The Hall–Kier alpha value is -1.49. The van der Waals surface area contributed by atoms with Crippen LogP contribution in [-0.2, 0) is 14.9 Å². The van der Waals surface area contributed by atoms with Crippen LogP contribution in [0.15, 0.2) is 17.0 Å². The lowest BCUT2D eigenvalue weighted by atomic mass is 9.85. The highest BCUT2D eigenvalue weighted by molar-refractivity contribution is 8.13. The van der Waals surface area contributed by atoms with Crippen LogP contribution in [0.5, 0.6) is 0 Å². The Kier molecular flexibility index (Phi) is 6.48. The van der Waals surface area contributed by atoms with E-state index in [1.165, 1.54) is 0 Å². The molecule has 0 fully saturated rings. The quantitative estimate of drug-likeness (QED) is 0.592. The summed E-state index contributed by atoms with van der Waals surface area (Å²) in [5.74, 6) is -0.413. The monoisotopic (exact) mass is 324 g/mol. The van der Waals surface area contributed by atoms with Gasteiger partial charge >= 0.3 is 11.3 Å². The van der Waals surface area contributed by atoms with E-state index in [9.17, 15) is 9.59 Å². The first-order valence-corrected chi connectivity index (χ1v) is 8.19. The fraction of sp³-hybridized carbons (Fsp3) is 0.529.